The first-order valence-electron chi connectivity index (χ1n) is 12.8. The van der Waals surface area contributed by atoms with Crippen LogP contribution in [0.1, 0.15) is 38.1 Å². The Kier molecular flexibility index (Phi) is 8.40. The number of ether oxygens (including phenoxy) is 3. The van der Waals surface area contributed by atoms with E-state index in [-0.39, 0.29) is 17.7 Å². The number of rotatable bonds is 8. The van der Waals surface area contributed by atoms with Gasteiger partial charge >= 0.3 is 5.97 Å². The molecule has 8 nitrogen and oxygen atoms in total. The largest absolute Gasteiger partial charge is 0.493 e. The second-order valence-electron chi connectivity index (χ2n) is 8.94. The van der Waals surface area contributed by atoms with Gasteiger partial charge in [-0.25, -0.2) is 9.79 Å². The van der Waals surface area contributed by atoms with Gasteiger partial charge in [0.15, 0.2) is 16.3 Å². The number of allylic oxidation sites excluding steroid dienone is 1. The number of aromatic nitrogens is 1. The van der Waals surface area contributed by atoms with Crippen LogP contribution < -0.4 is 24.4 Å². The molecule has 0 amide bonds. The molecule has 0 radical (unpaired) electrons. The van der Waals surface area contributed by atoms with Crippen LogP contribution in [0, 0.1) is 0 Å². The Morgan fingerprint density at radius 1 is 1.15 bits per heavy atom. The molecule has 0 unspecified atom stereocenters. The van der Waals surface area contributed by atoms with Crippen LogP contribution in [-0.2, 0) is 9.53 Å². The zero-order valence-corrected chi connectivity index (χ0v) is 25.0. The molecule has 0 aliphatic carbocycles. The van der Waals surface area contributed by atoms with Crippen LogP contribution in [0.5, 0.6) is 11.5 Å². The van der Waals surface area contributed by atoms with Gasteiger partial charge in [-0.2, -0.15) is 0 Å². The van der Waals surface area contributed by atoms with Crippen molar-refractivity contribution >= 4 is 46.6 Å². The zero-order valence-electron chi connectivity index (χ0n) is 22.7. The van der Waals surface area contributed by atoms with E-state index < -0.39 is 12.0 Å². The molecule has 0 fully saturated rings. The van der Waals surface area contributed by atoms with Crippen molar-refractivity contribution in [1.29, 1.82) is 0 Å². The van der Waals surface area contributed by atoms with Gasteiger partial charge in [-0.05, 0) is 57.2 Å². The number of carbonyl (C=O) groups is 1. The first kappa shape index (κ1) is 28.7. The summed E-state index contributed by atoms with van der Waals surface area (Å²) in [5, 5.41) is 0.963. The maximum Gasteiger partial charge on any atom is 0.338 e. The van der Waals surface area contributed by atoms with Crippen LogP contribution in [0.2, 0.25) is 10.0 Å². The summed E-state index contributed by atoms with van der Waals surface area (Å²) in [6.45, 7) is 5.83. The van der Waals surface area contributed by atoms with Gasteiger partial charge in [0, 0.05) is 22.2 Å². The van der Waals surface area contributed by atoms with E-state index in [0.29, 0.717) is 65.8 Å². The standard InChI is InChI=1S/C30H26Cl2N2O6S/c1-5-38-27-20(8-7-9-23(27)37-4)26-25(29(36)39-6-2)16(3)33-30-34(26)28(35)24(41-30)15-18-11-13-22(40-18)19-12-10-17(31)14-21(19)32/h7-15,26H,5-6H2,1-4H3/b24-15+/t26-/m0/s1. The molecule has 41 heavy (non-hydrogen) atoms. The number of thiazole rings is 1. The maximum absolute atomic E-state index is 14.0. The van der Waals surface area contributed by atoms with Gasteiger partial charge in [-0.1, -0.05) is 46.7 Å². The van der Waals surface area contributed by atoms with Crippen molar-refractivity contribution in [2.24, 2.45) is 4.99 Å². The molecule has 4 aromatic rings. The van der Waals surface area contributed by atoms with Crippen LogP contribution >= 0.6 is 34.5 Å². The Morgan fingerprint density at radius 2 is 1.95 bits per heavy atom. The molecule has 0 saturated carbocycles. The Labute approximate surface area is 249 Å². The van der Waals surface area contributed by atoms with E-state index in [2.05, 4.69) is 4.99 Å². The van der Waals surface area contributed by atoms with Crippen LogP contribution in [0.4, 0.5) is 0 Å². The minimum Gasteiger partial charge on any atom is -0.493 e. The minimum absolute atomic E-state index is 0.168. The quantitative estimate of drug-likeness (QED) is 0.234. The van der Waals surface area contributed by atoms with Gasteiger partial charge in [0.2, 0.25) is 0 Å². The van der Waals surface area contributed by atoms with Crippen LogP contribution in [-0.4, -0.2) is 30.9 Å². The van der Waals surface area contributed by atoms with E-state index >= 15 is 0 Å². The number of para-hydroxylation sites is 1. The molecular formula is C30H26Cl2N2O6S. The molecule has 0 spiro atoms. The van der Waals surface area contributed by atoms with Crippen molar-refractivity contribution in [3.05, 3.63) is 101 Å². The van der Waals surface area contributed by atoms with E-state index in [1.54, 1.807) is 62.4 Å². The van der Waals surface area contributed by atoms with Crippen LogP contribution in [0.3, 0.4) is 0 Å². The summed E-state index contributed by atoms with van der Waals surface area (Å²) < 4.78 is 24.8. The lowest BCUT2D eigenvalue weighted by molar-refractivity contribution is -0.139. The van der Waals surface area contributed by atoms with E-state index in [1.807, 2.05) is 13.0 Å². The molecule has 11 heteroatoms. The van der Waals surface area contributed by atoms with Crippen molar-refractivity contribution < 1.29 is 23.4 Å². The third-order valence-electron chi connectivity index (χ3n) is 6.43. The number of benzene rings is 2. The number of hydrogen-bond donors (Lipinski definition) is 0. The number of halogens is 2. The van der Waals surface area contributed by atoms with Crippen LogP contribution in [0.25, 0.3) is 17.4 Å². The van der Waals surface area contributed by atoms with Crippen molar-refractivity contribution in [1.82, 2.24) is 4.57 Å². The molecule has 1 aliphatic heterocycles. The molecule has 2 aromatic heterocycles. The van der Waals surface area contributed by atoms with Crippen molar-refractivity contribution in [3.63, 3.8) is 0 Å². The average molecular weight is 614 g/mol. The Balaban J connectivity index is 1.69. The second-order valence-corrected chi connectivity index (χ2v) is 10.8. The first-order valence-corrected chi connectivity index (χ1v) is 14.4. The van der Waals surface area contributed by atoms with Gasteiger partial charge in [-0.15, -0.1) is 0 Å². The lowest BCUT2D eigenvalue weighted by atomic mass is 9.94. The van der Waals surface area contributed by atoms with E-state index in [4.69, 9.17) is 41.8 Å². The van der Waals surface area contributed by atoms with Crippen LogP contribution in [0.15, 0.2) is 74.0 Å². The molecule has 0 N–H and O–H groups in total. The minimum atomic E-state index is -0.857. The summed E-state index contributed by atoms with van der Waals surface area (Å²) in [6.07, 6.45) is 1.65. The highest BCUT2D eigenvalue weighted by molar-refractivity contribution is 7.07. The smallest absolute Gasteiger partial charge is 0.338 e. The predicted octanol–water partition coefficient (Wildman–Crippen LogP) is 5.77. The highest BCUT2D eigenvalue weighted by Crippen LogP contribution is 2.41. The number of carbonyl (C=O) groups excluding carboxylic acids is 1. The number of esters is 1. The molecular weight excluding hydrogens is 587 g/mol. The fraction of sp³-hybridized carbons (Fsp3) is 0.233. The molecule has 1 atom stereocenters. The SMILES string of the molecule is CCOC(=O)C1=C(C)N=c2s/c(=C/c3ccc(-c4ccc(Cl)cc4Cl)o3)c(=O)n2[C@H]1c1cccc(OC)c1OCC. The van der Waals surface area contributed by atoms with Gasteiger partial charge in [0.05, 0.1) is 41.1 Å². The third-order valence-corrected chi connectivity index (χ3v) is 7.96. The number of hydrogen-bond acceptors (Lipinski definition) is 8. The monoisotopic (exact) mass is 612 g/mol. The van der Waals surface area contributed by atoms with Gasteiger partial charge in [0.1, 0.15) is 17.6 Å². The summed E-state index contributed by atoms with van der Waals surface area (Å²) in [7, 11) is 1.54. The number of furan rings is 1. The molecule has 0 saturated heterocycles. The van der Waals surface area contributed by atoms with E-state index in [0.717, 1.165) is 0 Å². The Morgan fingerprint density at radius 3 is 2.66 bits per heavy atom. The topological polar surface area (TPSA) is 92.3 Å². The summed E-state index contributed by atoms with van der Waals surface area (Å²) in [4.78, 5) is 32.3. The highest BCUT2D eigenvalue weighted by atomic mass is 35.5. The normalized spacial score (nSPS) is 15.0. The molecule has 0 bridgehead atoms. The van der Waals surface area contributed by atoms with Crippen molar-refractivity contribution in [2.75, 3.05) is 20.3 Å². The van der Waals surface area contributed by atoms with E-state index in [1.165, 1.54) is 23.0 Å². The zero-order chi connectivity index (χ0) is 29.3. The van der Waals surface area contributed by atoms with Gasteiger partial charge < -0.3 is 18.6 Å². The molecule has 2 aromatic carbocycles. The molecule has 212 valence electrons. The lowest BCUT2D eigenvalue weighted by Gasteiger charge is -2.26. The number of fused-ring (bicyclic) bond motifs is 1. The second kappa shape index (κ2) is 12.0. The summed E-state index contributed by atoms with van der Waals surface area (Å²) >= 11 is 13.6. The highest BCUT2D eigenvalue weighted by Gasteiger charge is 2.36. The Bertz CT molecular complexity index is 1850. The summed E-state index contributed by atoms with van der Waals surface area (Å²) in [6, 6.07) is 13.2. The van der Waals surface area contributed by atoms with Crippen molar-refractivity contribution in [2.45, 2.75) is 26.8 Å². The summed E-state index contributed by atoms with van der Waals surface area (Å²) in [5.74, 6) is 1.33. The number of nitrogens with zero attached hydrogens (tertiary/aromatic N) is 2. The lowest BCUT2D eigenvalue weighted by Crippen LogP contribution is -2.40. The van der Waals surface area contributed by atoms with E-state index in [9.17, 15) is 9.59 Å². The Hall–Kier alpha value is -3.79. The molecule has 1 aliphatic rings. The van der Waals surface area contributed by atoms with Gasteiger partial charge in [0.25, 0.3) is 5.56 Å². The molecule has 3 heterocycles. The third kappa shape index (κ3) is 5.45. The fourth-order valence-electron chi connectivity index (χ4n) is 4.69. The maximum atomic E-state index is 14.0. The number of methoxy groups -OCH3 is 1. The van der Waals surface area contributed by atoms with Gasteiger partial charge in [-0.3, -0.25) is 9.36 Å². The summed E-state index contributed by atoms with van der Waals surface area (Å²) in [5.41, 5.74) is 1.60. The average Bonchev–Trinajstić information content (AvgIpc) is 3.52. The first-order chi connectivity index (χ1) is 19.8. The fourth-order valence-corrected chi connectivity index (χ4v) is 6.22. The molecule has 5 rings (SSSR count). The van der Waals surface area contributed by atoms with Crippen molar-refractivity contribution in [3.8, 4) is 22.8 Å². The predicted molar refractivity (Wildman–Crippen MR) is 159 cm³/mol.